The Morgan fingerprint density at radius 1 is 1.28 bits per heavy atom. The Hall–Kier alpha value is -1.56. The van der Waals surface area contributed by atoms with Crippen LogP contribution in [0.5, 0.6) is 0 Å². The normalized spacial score (nSPS) is 13.3. The summed E-state index contributed by atoms with van der Waals surface area (Å²) in [6.45, 7) is 0. The zero-order valence-corrected chi connectivity index (χ0v) is 9.57. The summed E-state index contributed by atoms with van der Waals surface area (Å²) in [4.78, 5) is 10.4. The Balaban J connectivity index is 2.47. The fourth-order valence-electron chi connectivity index (χ4n) is 1.51. The van der Waals surface area contributed by atoms with Crippen molar-refractivity contribution >= 4 is 5.97 Å². The number of aryl methyl sites for hydroxylation is 1. The highest BCUT2D eigenvalue weighted by Gasteiger charge is 2.29. The third-order valence-electron chi connectivity index (χ3n) is 2.58. The largest absolute Gasteiger partial charge is 0.480 e. The molecule has 0 radical (unpaired) electrons. The maximum atomic E-state index is 12.3. The number of hydrogen-bond donors (Lipinski definition) is 2. The molecule has 1 unspecified atom stereocenters. The van der Waals surface area contributed by atoms with E-state index in [1.807, 2.05) is 0 Å². The molecule has 0 heterocycles. The number of hydrogen-bond acceptors (Lipinski definition) is 2. The predicted octanol–water partition coefficient (Wildman–Crippen LogP) is 2.44. The van der Waals surface area contributed by atoms with Gasteiger partial charge in [0, 0.05) is 0 Å². The van der Waals surface area contributed by atoms with Crippen molar-refractivity contribution in [1.29, 1.82) is 0 Å². The van der Waals surface area contributed by atoms with Crippen molar-refractivity contribution in [1.82, 2.24) is 0 Å². The third-order valence-corrected chi connectivity index (χ3v) is 2.58. The monoisotopic (exact) mass is 261 g/mol. The molecule has 1 aromatic carbocycles. The van der Waals surface area contributed by atoms with Crippen LogP contribution in [0.4, 0.5) is 13.2 Å². The second-order valence-electron chi connectivity index (χ2n) is 4.03. The van der Waals surface area contributed by atoms with Crippen LogP contribution >= 0.6 is 0 Å². The smallest absolute Gasteiger partial charge is 0.416 e. The van der Waals surface area contributed by atoms with Crippen molar-refractivity contribution in [2.75, 3.05) is 0 Å². The van der Waals surface area contributed by atoms with Crippen molar-refractivity contribution in [2.24, 2.45) is 5.73 Å². The molecule has 0 aliphatic heterocycles. The maximum Gasteiger partial charge on any atom is 0.416 e. The van der Waals surface area contributed by atoms with Gasteiger partial charge >= 0.3 is 12.1 Å². The van der Waals surface area contributed by atoms with Gasteiger partial charge in [-0.1, -0.05) is 12.1 Å². The molecular formula is C12H14F3NO2. The summed E-state index contributed by atoms with van der Waals surface area (Å²) in [6, 6.07) is 3.92. The summed E-state index contributed by atoms with van der Waals surface area (Å²) in [7, 11) is 0. The molecule has 0 saturated carbocycles. The summed E-state index contributed by atoms with van der Waals surface area (Å²) in [5.74, 6) is -1.07. The molecule has 1 aromatic rings. The van der Waals surface area contributed by atoms with Crippen LogP contribution in [0.25, 0.3) is 0 Å². The Bertz CT molecular complexity index is 401. The molecule has 3 nitrogen and oxygen atoms in total. The molecular weight excluding hydrogens is 247 g/mol. The van der Waals surface area contributed by atoms with E-state index in [-0.39, 0.29) is 0 Å². The lowest BCUT2D eigenvalue weighted by Crippen LogP contribution is -2.29. The van der Waals surface area contributed by atoms with Crippen LogP contribution in [0.2, 0.25) is 0 Å². The van der Waals surface area contributed by atoms with Gasteiger partial charge in [-0.2, -0.15) is 13.2 Å². The van der Waals surface area contributed by atoms with Gasteiger partial charge in [0.2, 0.25) is 0 Å². The summed E-state index contributed by atoms with van der Waals surface area (Å²) in [5, 5.41) is 8.56. The van der Waals surface area contributed by atoms with E-state index in [1.165, 1.54) is 12.1 Å². The molecule has 100 valence electrons. The van der Waals surface area contributed by atoms with Gasteiger partial charge in [-0.15, -0.1) is 0 Å². The molecule has 18 heavy (non-hydrogen) atoms. The van der Waals surface area contributed by atoms with Crippen LogP contribution in [0.3, 0.4) is 0 Å². The molecule has 0 bridgehead atoms. The van der Waals surface area contributed by atoms with E-state index in [4.69, 9.17) is 10.8 Å². The van der Waals surface area contributed by atoms with E-state index in [0.29, 0.717) is 19.3 Å². The first-order chi connectivity index (χ1) is 8.30. The van der Waals surface area contributed by atoms with Gasteiger partial charge in [0.15, 0.2) is 0 Å². The van der Waals surface area contributed by atoms with Crippen LogP contribution in [0.1, 0.15) is 24.0 Å². The van der Waals surface area contributed by atoms with Crippen molar-refractivity contribution < 1.29 is 23.1 Å². The minimum absolute atomic E-state index is 0.302. The fourth-order valence-corrected chi connectivity index (χ4v) is 1.51. The topological polar surface area (TPSA) is 63.3 Å². The molecule has 6 heteroatoms. The average molecular weight is 261 g/mol. The fraction of sp³-hybridized carbons (Fsp3) is 0.417. The van der Waals surface area contributed by atoms with E-state index in [0.717, 1.165) is 17.7 Å². The van der Waals surface area contributed by atoms with Gasteiger partial charge in [0.25, 0.3) is 0 Å². The van der Waals surface area contributed by atoms with E-state index in [1.54, 1.807) is 0 Å². The summed E-state index contributed by atoms with van der Waals surface area (Å²) in [6.07, 6.45) is -2.99. The SMILES string of the molecule is NC(CCCc1ccc(C(F)(F)F)cc1)C(=O)O. The van der Waals surface area contributed by atoms with Crippen LogP contribution in [-0.2, 0) is 17.4 Å². The molecule has 0 saturated heterocycles. The molecule has 1 rings (SSSR count). The van der Waals surface area contributed by atoms with Gasteiger partial charge in [0.05, 0.1) is 5.56 Å². The zero-order valence-electron chi connectivity index (χ0n) is 9.57. The first-order valence-corrected chi connectivity index (χ1v) is 5.45. The number of halogens is 3. The quantitative estimate of drug-likeness (QED) is 0.855. The summed E-state index contributed by atoms with van der Waals surface area (Å²) >= 11 is 0. The number of benzene rings is 1. The Morgan fingerprint density at radius 3 is 2.28 bits per heavy atom. The lowest BCUT2D eigenvalue weighted by atomic mass is 10.0. The molecule has 0 amide bonds. The number of rotatable bonds is 5. The molecule has 3 N–H and O–H groups in total. The van der Waals surface area contributed by atoms with Crippen LogP contribution < -0.4 is 5.73 Å². The zero-order chi connectivity index (χ0) is 13.8. The van der Waals surface area contributed by atoms with Crippen molar-refractivity contribution in [3.05, 3.63) is 35.4 Å². The van der Waals surface area contributed by atoms with Crippen molar-refractivity contribution in [2.45, 2.75) is 31.5 Å². The highest BCUT2D eigenvalue weighted by Crippen LogP contribution is 2.29. The predicted molar refractivity (Wildman–Crippen MR) is 60.0 cm³/mol. The minimum Gasteiger partial charge on any atom is -0.480 e. The number of aliphatic carboxylic acids is 1. The van der Waals surface area contributed by atoms with E-state index < -0.39 is 23.8 Å². The molecule has 0 fully saturated rings. The Labute approximate surface area is 102 Å². The van der Waals surface area contributed by atoms with E-state index in [9.17, 15) is 18.0 Å². The standard InChI is InChI=1S/C12H14F3NO2/c13-12(14,15)9-6-4-8(5-7-9)2-1-3-10(16)11(17)18/h4-7,10H,1-3,16H2,(H,17,18). The number of carboxylic acid groups (broad SMARTS) is 1. The molecule has 0 aliphatic carbocycles. The highest BCUT2D eigenvalue weighted by atomic mass is 19.4. The lowest BCUT2D eigenvalue weighted by Gasteiger charge is -2.08. The average Bonchev–Trinajstić information content (AvgIpc) is 2.28. The molecule has 1 atom stereocenters. The second kappa shape index (κ2) is 5.86. The van der Waals surface area contributed by atoms with Gasteiger partial charge < -0.3 is 10.8 Å². The van der Waals surface area contributed by atoms with Crippen LogP contribution in [-0.4, -0.2) is 17.1 Å². The lowest BCUT2D eigenvalue weighted by molar-refractivity contribution is -0.139. The van der Waals surface area contributed by atoms with Crippen molar-refractivity contribution in [3.63, 3.8) is 0 Å². The van der Waals surface area contributed by atoms with Crippen molar-refractivity contribution in [3.8, 4) is 0 Å². The molecule has 0 aliphatic rings. The van der Waals surface area contributed by atoms with Gasteiger partial charge in [-0.3, -0.25) is 4.79 Å². The van der Waals surface area contributed by atoms with Crippen LogP contribution in [0.15, 0.2) is 24.3 Å². The molecule has 0 aromatic heterocycles. The maximum absolute atomic E-state index is 12.3. The Kier molecular flexibility index (Phi) is 4.72. The minimum atomic E-state index is -4.33. The number of carbonyl (C=O) groups is 1. The number of nitrogens with two attached hydrogens (primary N) is 1. The number of alkyl halides is 3. The van der Waals surface area contributed by atoms with Gasteiger partial charge in [-0.25, -0.2) is 0 Å². The number of carboxylic acids is 1. The van der Waals surface area contributed by atoms with Gasteiger partial charge in [0.1, 0.15) is 6.04 Å². The van der Waals surface area contributed by atoms with Crippen LogP contribution in [0, 0.1) is 0 Å². The first-order valence-electron chi connectivity index (χ1n) is 5.45. The summed E-state index contributed by atoms with van der Waals surface area (Å²) < 4.78 is 36.9. The van der Waals surface area contributed by atoms with Gasteiger partial charge in [-0.05, 0) is 37.0 Å². The Morgan fingerprint density at radius 2 is 1.83 bits per heavy atom. The highest BCUT2D eigenvalue weighted by molar-refractivity contribution is 5.72. The first kappa shape index (κ1) is 14.5. The molecule has 0 spiro atoms. The second-order valence-corrected chi connectivity index (χ2v) is 4.03. The van der Waals surface area contributed by atoms with E-state index in [2.05, 4.69) is 0 Å². The summed E-state index contributed by atoms with van der Waals surface area (Å²) in [5.41, 5.74) is 5.36. The third kappa shape index (κ3) is 4.37. The van der Waals surface area contributed by atoms with E-state index >= 15 is 0 Å².